The first kappa shape index (κ1) is 17.0. The minimum atomic E-state index is 0.0587. The highest BCUT2D eigenvalue weighted by molar-refractivity contribution is 5.75. The van der Waals surface area contributed by atoms with Gasteiger partial charge in [-0.15, -0.1) is 0 Å². The molecule has 0 aliphatic heterocycles. The van der Waals surface area contributed by atoms with Gasteiger partial charge >= 0.3 is 0 Å². The Morgan fingerprint density at radius 2 is 2.15 bits per heavy atom. The van der Waals surface area contributed by atoms with E-state index < -0.39 is 0 Å². The van der Waals surface area contributed by atoms with Crippen molar-refractivity contribution in [1.29, 1.82) is 5.26 Å². The van der Waals surface area contributed by atoms with Gasteiger partial charge in [0.05, 0.1) is 31.6 Å². The van der Waals surface area contributed by atoms with Crippen LogP contribution >= 0.6 is 0 Å². The zero-order chi connectivity index (χ0) is 15.2. The van der Waals surface area contributed by atoms with Crippen molar-refractivity contribution in [2.45, 2.75) is 59.0 Å². The number of nitrogens with zero attached hydrogens (tertiary/aromatic N) is 2. The Bertz CT molecular complexity index is 360. The SMILES string of the molecule is CC1CC(OCCC(=O)N(C)CCC#N)CC(C)(C)C1. The second kappa shape index (κ2) is 7.64. The molecule has 114 valence electrons. The van der Waals surface area contributed by atoms with Crippen molar-refractivity contribution in [3.63, 3.8) is 0 Å². The van der Waals surface area contributed by atoms with Crippen LogP contribution in [0.5, 0.6) is 0 Å². The largest absolute Gasteiger partial charge is 0.378 e. The van der Waals surface area contributed by atoms with Crippen LogP contribution in [0, 0.1) is 22.7 Å². The maximum absolute atomic E-state index is 11.8. The van der Waals surface area contributed by atoms with E-state index in [1.54, 1.807) is 11.9 Å². The first-order chi connectivity index (χ1) is 9.34. The Morgan fingerprint density at radius 3 is 2.75 bits per heavy atom. The molecule has 0 bridgehead atoms. The lowest BCUT2D eigenvalue weighted by atomic mass is 9.71. The molecule has 1 fully saturated rings. The Morgan fingerprint density at radius 1 is 1.45 bits per heavy atom. The van der Waals surface area contributed by atoms with Crippen molar-refractivity contribution < 1.29 is 9.53 Å². The number of hydrogen-bond donors (Lipinski definition) is 0. The summed E-state index contributed by atoms with van der Waals surface area (Å²) in [5.41, 5.74) is 0.343. The Balaban J connectivity index is 2.27. The van der Waals surface area contributed by atoms with E-state index >= 15 is 0 Å². The maximum Gasteiger partial charge on any atom is 0.224 e. The molecule has 0 aromatic carbocycles. The smallest absolute Gasteiger partial charge is 0.224 e. The highest BCUT2D eigenvalue weighted by Crippen LogP contribution is 2.39. The summed E-state index contributed by atoms with van der Waals surface area (Å²) in [4.78, 5) is 13.4. The minimum Gasteiger partial charge on any atom is -0.378 e. The molecule has 0 radical (unpaired) electrons. The van der Waals surface area contributed by atoms with Crippen LogP contribution < -0.4 is 0 Å². The molecule has 4 heteroatoms. The molecule has 20 heavy (non-hydrogen) atoms. The molecule has 4 nitrogen and oxygen atoms in total. The number of ether oxygens (including phenoxy) is 1. The molecule has 1 aliphatic rings. The lowest BCUT2D eigenvalue weighted by Crippen LogP contribution is -2.34. The summed E-state index contributed by atoms with van der Waals surface area (Å²) >= 11 is 0. The molecule has 1 amide bonds. The fourth-order valence-corrected chi connectivity index (χ4v) is 3.23. The molecule has 0 spiro atoms. The topological polar surface area (TPSA) is 53.3 Å². The van der Waals surface area contributed by atoms with E-state index in [-0.39, 0.29) is 12.0 Å². The average molecular weight is 280 g/mol. The number of amides is 1. The normalized spacial score (nSPS) is 24.9. The molecular formula is C16H28N2O2. The third kappa shape index (κ3) is 5.92. The lowest BCUT2D eigenvalue weighted by Gasteiger charge is -2.38. The Hall–Kier alpha value is -1.08. The van der Waals surface area contributed by atoms with Crippen LogP contribution in [0.2, 0.25) is 0 Å². The number of rotatable bonds is 6. The van der Waals surface area contributed by atoms with Crippen molar-refractivity contribution in [1.82, 2.24) is 4.90 Å². The second-order valence-electron chi connectivity index (χ2n) is 6.88. The van der Waals surface area contributed by atoms with Crippen molar-refractivity contribution in [2.24, 2.45) is 11.3 Å². The van der Waals surface area contributed by atoms with Gasteiger partial charge in [0.2, 0.25) is 5.91 Å². The van der Waals surface area contributed by atoms with Gasteiger partial charge in [-0.1, -0.05) is 20.8 Å². The highest BCUT2D eigenvalue weighted by atomic mass is 16.5. The number of nitriles is 1. The fourth-order valence-electron chi connectivity index (χ4n) is 3.23. The fraction of sp³-hybridized carbons (Fsp3) is 0.875. The summed E-state index contributed by atoms with van der Waals surface area (Å²) in [6.07, 6.45) is 4.51. The standard InChI is InChI=1S/C16H28N2O2/c1-13-10-14(12-16(2,3)11-13)20-9-6-15(19)18(4)8-5-7-17/h13-14H,5-6,8-12H2,1-4H3. The zero-order valence-corrected chi connectivity index (χ0v) is 13.3. The Labute approximate surface area is 123 Å². The van der Waals surface area contributed by atoms with Crippen LogP contribution in [0.15, 0.2) is 0 Å². The van der Waals surface area contributed by atoms with E-state index in [0.29, 0.717) is 37.3 Å². The first-order valence-electron chi connectivity index (χ1n) is 7.56. The van der Waals surface area contributed by atoms with Crippen LogP contribution in [0.1, 0.15) is 52.9 Å². The molecule has 2 atom stereocenters. The van der Waals surface area contributed by atoms with Crippen LogP contribution in [0.25, 0.3) is 0 Å². The first-order valence-corrected chi connectivity index (χ1v) is 7.56. The summed E-state index contributed by atoms with van der Waals surface area (Å²) in [5.74, 6) is 0.751. The molecule has 0 aromatic heterocycles. The highest BCUT2D eigenvalue weighted by Gasteiger charge is 2.32. The van der Waals surface area contributed by atoms with Crippen molar-refractivity contribution >= 4 is 5.91 Å². The van der Waals surface area contributed by atoms with E-state index in [9.17, 15) is 4.79 Å². The third-order valence-corrected chi connectivity index (χ3v) is 4.00. The van der Waals surface area contributed by atoms with Gasteiger partial charge in [0, 0.05) is 13.6 Å². The van der Waals surface area contributed by atoms with Gasteiger partial charge in [0.25, 0.3) is 0 Å². The van der Waals surface area contributed by atoms with Gasteiger partial charge in [-0.25, -0.2) is 0 Å². The molecule has 2 unspecified atom stereocenters. The average Bonchev–Trinajstić information content (AvgIpc) is 2.33. The van der Waals surface area contributed by atoms with Crippen LogP contribution in [0.3, 0.4) is 0 Å². The van der Waals surface area contributed by atoms with Crippen LogP contribution in [-0.4, -0.2) is 37.1 Å². The number of hydrogen-bond acceptors (Lipinski definition) is 3. The third-order valence-electron chi connectivity index (χ3n) is 4.00. The van der Waals surface area contributed by atoms with Crippen molar-refractivity contribution in [3.05, 3.63) is 0 Å². The van der Waals surface area contributed by atoms with Gasteiger partial charge < -0.3 is 9.64 Å². The molecule has 0 saturated heterocycles. The molecular weight excluding hydrogens is 252 g/mol. The summed E-state index contributed by atoms with van der Waals surface area (Å²) < 4.78 is 5.90. The maximum atomic E-state index is 11.8. The molecule has 0 N–H and O–H groups in total. The molecule has 1 saturated carbocycles. The predicted octanol–water partition coefficient (Wildman–Crippen LogP) is 2.98. The van der Waals surface area contributed by atoms with E-state index in [4.69, 9.17) is 10.00 Å². The zero-order valence-electron chi connectivity index (χ0n) is 13.3. The summed E-state index contributed by atoms with van der Waals surface area (Å²) in [7, 11) is 1.74. The summed E-state index contributed by atoms with van der Waals surface area (Å²) in [5, 5.41) is 8.50. The molecule has 1 rings (SSSR count). The number of carbonyl (C=O) groups excluding carboxylic acids is 1. The Kier molecular flexibility index (Phi) is 6.48. The van der Waals surface area contributed by atoms with E-state index in [1.807, 2.05) is 6.07 Å². The van der Waals surface area contributed by atoms with Gasteiger partial charge in [0.15, 0.2) is 0 Å². The van der Waals surface area contributed by atoms with Gasteiger partial charge in [0.1, 0.15) is 0 Å². The predicted molar refractivity (Wildman–Crippen MR) is 79.0 cm³/mol. The van der Waals surface area contributed by atoms with E-state index in [2.05, 4.69) is 20.8 Å². The van der Waals surface area contributed by atoms with Crippen molar-refractivity contribution in [3.8, 4) is 6.07 Å². The monoisotopic (exact) mass is 280 g/mol. The van der Waals surface area contributed by atoms with Crippen LogP contribution in [-0.2, 0) is 9.53 Å². The van der Waals surface area contributed by atoms with Crippen LogP contribution in [0.4, 0.5) is 0 Å². The molecule has 1 aliphatic carbocycles. The lowest BCUT2D eigenvalue weighted by molar-refractivity contribution is -0.132. The molecule has 0 heterocycles. The van der Waals surface area contributed by atoms with Gasteiger partial charge in [-0.3, -0.25) is 4.79 Å². The summed E-state index contributed by atoms with van der Waals surface area (Å²) in [6.45, 7) is 7.85. The molecule has 0 aromatic rings. The number of carbonyl (C=O) groups is 1. The quantitative estimate of drug-likeness (QED) is 0.751. The summed E-state index contributed by atoms with van der Waals surface area (Å²) in [6, 6.07) is 2.05. The van der Waals surface area contributed by atoms with E-state index in [1.165, 1.54) is 6.42 Å². The van der Waals surface area contributed by atoms with E-state index in [0.717, 1.165) is 12.8 Å². The minimum absolute atomic E-state index is 0.0587. The van der Waals surface area contributed by atoms with Crippen molar-refractivity contribution in [2.75, 3.05) is 20.2 Å². The second-order valence-corrected chi connectivity index (χ2v) is 6.88. The van der Waals surface area contributed by atoms with Gasteiger partial charge in [-0.2, -0.15) is 5.26 Å². The van der Waals surface area contributed by atoms with Gasteiger partial charge in [-0.05, 0) is 30.6 Å².